The van der Waals surface area contributed by atoms with Gasteiger partial charge in [0.2, 0.25) is 0 Å². The highest BCUT2D eigenvalue weighted by molar-refractivity contribution is 5.79. The molecule has 1 aromatic rings. The van der Waals surface area contributed by atoms with Crippen molar-refractivity contribution in [3.63, 3.8) is 0 Å². The van der Waals surface area contributed by atoms with Gasteiger partial charge < -0.3 is 9.47 Å². The van der Waals surface area contributed by atoms with Gasteiger partial charge in [0.05, 0.1) is 12.7 Å². The zero-order valence-corrected chi connectivity index (χ0v) is 9.82. The number of methoxy groups -OCH3 is 1. The zero-order chi connectivity index (χ0) is 12.0. The maximum Gasteiger partial charge on any atom is 0.153 e. The number of allylic oxidation sites excluding steroid dienone is 1. The van der Waals surface area contributed by atoms with Crippen molar-refractivity contribution in [1.29, 1.82) is 0 Å². The number of hydrogen-bond acceptors (Lipinski definition) is 3. The van der Waals surface area contributed by atoms with Crippen LogP contribution in [0.5, 0.6) is 11.5 Å². The van der Waals surface area contributed by atoms with Gasteiger partial charge in [-0.2, -0.15) is 0 Å². The van der Waals surface area contributed by atoms with Crippen molar-refractivity contribution in [2.75, 3.05) is 13.7 Å². The van der Waals surface area contributed by atoms with Gasteiger partial charge in [0, 0.05) is 6.07 Å². The quantitative estimate of drug-likeness (QED) is 0.565. The number of aldehydes is 1. The highest BCUT2D eigenvalue weighted by atomic mass is 16.5. The first-order chi connectivity index (χ1) is 7.71. The van der Waals surface area contributed by atoms with E-state index >= 15 is 0 Å². The zero-order valence-electron chi connectivity index (χ0n) is 9.82. The van der Waals surface area contributed by atoms with Crippen LogP contribution in [0.2, 0.25) is 0 Å². The van der Waals surface area contributed by atoms with Gasteiger partial charge >= 0.3 is 0 Å². The van der Waals surface area contributed by atoms with E-state index in [-0.39, 0.29) is 0 Å². The highest BCUT2D eigenvalue weighted by Crippen LogP contribution is 2.23. The maximum absolute atomic E-state index is 10.7. The van der Waals surface area contributed by atoms with Crippen molar-refractivity contribution < 1.29 is 14.3 Å². The second kappa shape index (κ2) is 5.95. The normalized spacial score (nSPS) is 11.1. The van der Waals surface area contributed by atoms with Crippen LogP contribution in [0.3, 0.4) is 0 Å². The fourth-order valence-corrected chi connectivity index (χ4v) is 1.16. The Hall–Kier alpha value is -1.77. The average molecular weight is 220 g/mol. The summed E-state index contributed by atoms with van der Waals surface area (Å²) in [7, 11) is 1.53. The molecule has 0 heterocycles. The topological polar surface area (TPSA) is 35.5 Å². The molecule has 0 aliphatic carbocycles. The molecule has 3 nitrogen and oxygen atoms in total. The molecule has 0 N–H and O–H groups in total. The summed E-state index contributed by atoms with van der Waals surface area (Å²) in [5.74, 6) is 1.23. The van der Waals surface area contributed by atoms with Crippen molar-refractivity contribution in [3.8, 4) is 11.5 Å². The molecule has 0 saturated heterocycles. The maximum atomic E-state index is 10.7. The monoisotopic (exact) mass is 220 g/mol. The molecule has 3 heteroatoms. The third-order valence-corrected chi connectivity index (χ3v) is 2.29. The third-order valence-electron chi connectivity index (χ3n) is 2.29. The molecule has 0 aliphatic rings. The number of rotatable bonds is 5. The van der Waals surface area contributed by atoms with E-state index in [2.05, 4.69) is 0 Å². The molecule has 16 heavy (non-hydrogen) atoms. The molecule has 1 rings (SSSR count). The number of carbonyl (C=O) groups is 1. The minimum atomic E-state index is 0.526. The first-order valence-corrected chi connectivity index (χ1v) is 5.09. The van der Waals surface area contributed by atoms with Crippen LogP contribution >= 0.6 is 0 Å². The molecule has 0 bridgehead atoms. The van der Waals surface area contributed by atoms with E-state index in [0.29, 0.717) is 23.7 Å². The Balaban J connectivity index is 2.79. The first-order valence-electron chi connectivity index (χ1n) is 5.09. The van der Waals surface area contributed by atoms with Crippen molar-refractivity contribution in [3.05, 3.63) is 35.4 Å². The van der Waals surface area contributed by atoms with E-state index in [0.717, 1.165) is 11.9 Å². The first kappa shape index (κ1) is 12.3. The Kier molecular flexibility index (Phi) is 4.58. The molecule has 0 spiro atoms. The molecule has 0 saturated carbocycles. The van der Waals surface area contributed by atoms with E-state index in [1.807, 2.05) is 19.9 Å². The fraction of sp³-hybridized carbons (Fsp3) is 0.308. The highest BCUT2D eigenvalue weighted by Gasteiger charge is 2.04. The summed E-state index contributed by atoms with van der Waals surface area (Å²) in [6.45, 7) is 4.51. The fourth-order valence-electron chi connectivity index (χ4n) is 1.16. The van der Waals surface area contributed by atoms with E-state index in [9.17, 15) is 4.79 Å². The second-order valence-corrected chi connectivity index (χ2v) is 3.45. The van der Waals surface area contributed by atoms with E-state index in [4.69, 9.17) is 9.47 Å². The molecule has 0 unspecified atom stereocenters. The van der Waals surface area contributed by atoms with Gasteiger partial charge in [0.1, 0.15) is 18.1 Å². The van der Waals surface area contributed by atoms with Crippen LogP contribution < -0.4 is 9.47 Å². The Labute approximate surface area is 95.7 Å². The summed E-state index contributed by atoms with van der Waals surface area (Å²) >= 11 is 0. The van der Waals surface area contributed by atoms with Gasteiger partial charge in [-0.25, -0.2) is 0 Å². The Bertz CT molecular complexity index is 394. The lowest BCUT2D eigenvalue weighted by atomic mass is 10.2. The van der Waals surface area contributed by atoms with Gasteiger partial charge in [0.15, 0.2) is 6.29 Å². The molecule has 1 aromatic carbocycles. The minimum Gasteiger partial charge on any atom is -0.496 e. The van der Waals surface area contributed by atoms with Gasteiger partial charge in [-0.1, -0.05) is 6.08 Å². The Morgan fingerprint density at radius 1 is 1.44 bits per heavy atom. The van der Waals surface area contributed by atoms with Gasteiger partial charge in [-0.3, -0.25) is 4.79 Å². The standard InChI is InChI=1S/C13H16O3/c1-4-10(2)9-16-12-6-5-11(8-14)13(7-12)15-3/h4-8H,9H2,1-3H3. The summed E-state index contributed by atoms with van der Waals surface area (Å²) in [5, 5.41) is 0. The summed E-state index contributed by atoms with van der Waals surface area (Å²) in [4.78, 5) is 10.7. The smallest absolute Gasteiger partial charge is 0.153 e. The molecule has 0 amide bonds. The van der Waals surface area contributed by atoms with Crippen LogP contribution in [0.1, 0.15) is 24.2 Å². The second-order valence-electron chi connectivity index (χ2n) is 3.45. The molecule has 0 fully saturated rings. The average Bonchev–Trinajstić information content (AvgIpc) is 2.35. The number of benzene rings is 1. The third kappa shape index (κ3) is 3.12. The summed E-state index contributed by atoms with van der Waals surface area (Å²) < 4.78 is 10.6. The Morgan fingerprint density at radius 2 is 2.19 bits per heavy atom. The molecule has 86 valence electrons. The molecule has 0 aromatic heterocycles. The predicted molar refractivity (Wildman–Crippen MR) is 63.3 cm³/mol. The number of hydrogen-bond donors (Lipinski definition) is 0. The number of ether oxygens (including phenoxy) is 2. The van der Waals surface area contributed by atoms with E-state index in [1.54, 1.807) is 18.2 Å². The van der Waals surface area contributed by atoms with Crippen molar-refractivity contribution in [2.24, 2.45) is 0 Å². The van der Waals surface area contributed by atoms with E-state index < -0.39 is 0 Å². The minimum absolute atomic E-state index is 0.526. The lowest BCUT2D eigenvalue weighted by molar-refractivity contribution is 0.112. The lowest BCUT2D eigenvalue weighted by Gasteiger charge is -2.09. The van der Waals surface area contributed by atoms with Gasteiger partial charge in [-0.15, -0.1) is 0 Å². The van der Waals surface area contributed by atoms with Gasteiger partial charge in [0.25, 0.3) is 0 Å². The van der Waals surface area contributed by atoms with Crippen LogP contribution in [0.4, 0.5) is 0 Å². The van der Waals surface area contributed by atoms with Crippen LogP contribution in [0, 0.1) is 0 Å². The molecule has 0 aliphatic heterocycles. The summed E-state index contributed by atoms with van der Waals surface area (Å²) in [5.41, 5.74) is 1.68. The predicted octanol–water partition coefficient (Wildman–Crippen LogP) is 2.85. The van der Waals surface area contributed by atoms with Crippen LogP contribution in [0.25, 0.3) is 0 Å². The van der Waals surface area contributed by atoms with Crippen molar-refractivity contribution in [1.82, 2.24) is 0 Å². The van der Waals surface area contributed by atoms with Crippen molar-refractivity contribution >= 4 is 6.29 Å². The van der Waals surface area contributed by atoms with Crippen LogP contribution in [0.15, 0.2) is 29.8 Å². The summed E-state index contributed by atoms with van der Waals surface area (Å²) in [6, 6.07) is 5.16. The lowest BCUT2D eigenvalue weighted by Crippen LogP contribution is -1.99. The molecule has 0 atom stereocenters. The molecular weight excluding hydrogens is 204 g/mol. The molecule has 0 radical (unpaired) electrons. The largest absolute Gasteiger partial charge is 0.496 e. The van der Waals surface area contributed by atoms with Crippen LogP contribution in [-0.4, -0.2) is 20.0 Å². The van der Waals surface area contributed by atoms with Crippen molar-refractivity contribution in [2.45, 2.75) is 13.8 Å². The van der Waals surface area contributed by atoms with E-state index in [1.165, 1.54) is 7.11 Å². The molecular formula is C13H16O3. The van der Waals surface area contributed by atoms with Gasteiger partial charge in [-0.05, 0) is 31.6 Å². The number of carbonyl (C=O) groups excluding carboxylic acids is 1. The van der Waals surface area contributed by atoms with Crippen LogP contribution in [-0.2, 0) is 0 Å². The Morgan fingerprint density at radius 3 is 2.75 bits per heavy atom. The SMILES string of the molecule is CC=C(C)COc1ccc(C=O)c(OC)c1. The summed E-state index contributed by atoms with van der Waals surface area (Å²) in [6.07, 6.45) is 2.76.